The van der Waals surface area contributed by atoms with Gasteiger partial charge in [-0.2, -0.15) is 0 Å². The number of benzene rings is 1. The molecule has 1 fully saturated rings. The van der Waals surface area contributed by atoms with Crippen molar-refractivity contribution in [2.45, 2.75) is 25.3 Å². The molecule has 1 heterocycles. The van der Waals surface area contributed by atoms with Gasteiger partial charge in [0.1, 0.15) is 5.54 Å². The van der Waals surface area contributed by atoms with Crippen LogP contribution in [0.2, 0.25) is 5.02 Å². The Morgan fingerprint density at radius 2 is 2.18 bits per heavy atom. The van der Waals surface area contributed by atoms with Crippen LogP contribution in [-0.4, -0.2) is 23.2 Å². The highest BCUT2D eigenvalue weighted by atomic mass is 35.5. The molecule has 3 nitrogen and oxygen atoms in total. The van der Waals surface area contributed by atoms with E-state index in [-0.39, 0.29) is 0 Å². The van der Waals surface area contributed by atoms with E-state index < -0.39 is 11.5 Å². The molecule has 0 aromatic heterocycles. The molecule has 92 valence electrons. The van der Waals surface area contributed by atoms with E-state index in [1.165, 1.54) is 5.56 Å². The highest BCUT2D eigenvalue weighted by molar-refractivity contribution is 6.30. The van der Waals surface area contributed by atoms with Gasteiger partial charge in [0.2, 0.25) is 0 Å². The number of rotatable bonds is 3. The molecule has 2 unspecified atom stereocenters. The first-order valence-corrected chi connectivity index (χ1v) is 6.10. The first-order valence-electron chi connectivity index (χ1n) is 5.72. The van der Waals surface area contributed by atoms with Crippen LogP contribution < -0.4 is 5.32 Å². The van der Waals surface area contributed by atoms with Crippen LogP contribution in [0.1, 0.15) is 18.9 Å². The first-order chi connectivity index (χ1) is 7.99. The van der Waals surface area contributed by atoms with E-state index in [0.717, 1.165) is 18.0 Å². The predicted octanol–water partition coefficient (Wildman–Crippen LogP) is 2.34. The van der Waals surface area contributed by atoms with Crippen molar-refractivity contribution in [3.8, 4) is 0 Å². The van der Waals surface area contributed by atoms with Gasteiger partial charge in [-0.05, 0) is 49.9 Å². The summed E-state index contributed by atoms with van der Waals surface area (Å²) < 4.78 is 0. The number of aliphatic carboxylic acids is 1. The molecule has 1 saturated heterocycles. The highest BCUT2D eigenvalue weighted by Crippen LogP contribution is 2.27. The van der Waals surface area contributed by atoms with E-state index in [0.29, 0.717) is 12.3 Å². The van der Waals surface area contributed by atoms with Gasteiger partial charge in [0.15, 0.2) is 0 Å². The van der Waals surface area contributed by atoms with Crippen LogP contribution in [0.25, 0.3) is 0 Å². The Morgan fingerprint density at radius 1 is 1.53 bits per heavy atom. The van der Waals surface area contributed by atoms with E-state index in [9.17, 15) is 4.79 Å². The van der Waals surface area contributed by atoms with Crippen molar-refractivity contribution in [1.82, 2.24) is 5.32 Å². The lowest BCUT2D eigenvalue weighted by Gasteiger charge is -2.18. The fourth-order valence-corrected chi connectivity index (χ4v) is 2.48. The monoisotopic (exact) mass is 253 g/mol. The van der Waals surface area contributed by atoms with Crippen molar-refractivity contribution in [2.75, 3.05) is 6.54 Å². The minimum atomic E-state index is -0.767. The number of carboxylic acid groups (broad SMARTS) is 1. The molecule has 2 atom stereocenters. The summed E-state index contributed by atoms with van der Waals surface area (Å²) in [7, 11) is 0. The summed E-state index contributed by atoms with van der Waals surface area (Å²) >= 11 is 5.83. The maximum atomic E-state index is 11.1. The maximum absolute atomic E-state index is 11.1. The van der Waals surface area contributed by atoms with Gasteiger partial charge in [-0.1, -0.05) is 23.7 Å². The van der Waals surface area contributed by atoms with Crippen LogP contribution in [0.5, 0.6) is 0 Å². The van der Waals surface area contributed by atoms with Crippen LogP contribution in [0.3, 0.4) is 0 Å². The number of halogens is 1. The van der Waals surface area contributed by atoms with Crippen LogP contribution in [0.4, 0.5) is 0 Å². The van der Waals surface area contributed by atoms with Crippen LogP contribution in [-0.2, 0) is 11.2 Å². The van der Waals surface area contributed by atoms with Gasteiger partial charge in [-0.3, -0.25) is 4.79 Å². The summed E-state index contributed by atoms with van der Waals surface area (Å²) in [6.07, 6.45) is 1.57. The lowest BCUT2D eigenvalue weighted by atomic mass is 9.91. The van der Waals surface area contributed by atoms with Gasteiger partial charge in [-0.15, -0.1) is 0 Å². The minimum Gasteiger partial charge on any atom is -0.480 e. The topological polar surface area (TPSA) is 49.3 Å². The fraction of sp³-hybridized carbons (Fsp3) is 0.462. The summed E-state index contributed by atoms with van der Waals surface area (Å²) in [4.78, 5) is 11.1. The highest BCUT2D eigenvalue weighted by Gasteiger charge is 2.40. The third kappa shape index (κ3) is 2.79. The molecule has 0 radical (unpaired) electrons. The number of nitrogens with one attached hydrogen (secondary N) is 1. The van der Waals surface area contributed by atoms with Crippen molar-refractivity contribution in [3.05, 3.63) is 34.9 Å². The normalized spacial score (nSPS) is 28.2. The van der Waals surface area contributed by atoms with Crippen molar-refractivity contribution in [1.29, 1.82) is 0 Å². The number of hydrogen-bond acceptors (Lipinski definition) is 2. The zero-order valence-corrected chi connectivity index (χ0v) is 10.5. The second kappa shape index (κ2) is 4.67. The SMILES string of the molecule is CC1(C(=O)O)CC(Cc2ccc(Cl)cc2)CN1. The van der Waals surface area contributed by atoms with Crippen molar-refractivity contribution >= 4 is 17.6 Å². The third-order valence-electron chi connectivity index (χ3n) is 3.39. The zero-order valence-electron chi connectivity index (χ0n) is 9.74. The van der Waals surface area contributed by atoms with Crippen LogP contribution in [0, 0.1) is 5.92 Å². The zero-order chi connectivity index (χ0) is 12.5. The fourth-order valence-electron chi connectivity index (χ4n) is 2.35. The first kappa shape index (κ1) is 12.4. The quantitative estimate of drug-likeness (QED) is 0.869. The van der Waals surface area contributed by atoms with Gasteiger partial charge in [0.05, 0.1) is 0 Å². The molecule has 0 amide bonds. The van der Waals surface area contributed by atoms with E-state index in [4.69, 9.17) is 16.7 Å². The second-order valence-corrected chi connectivity index (χ2v) is 5.36. The molecule has 1 aliphatic heterocycles. The van der Waals surface area contributed by atoms with Gasteiger partial charge in [0.25, 0.3) is 0 Å². The Hall–Kier alpha value is -1.06. The van der Waals surface area contributed by atoms with E-state index in [2.05, 4.69) is 5.32 Å². The summed E-state index contributed by atoms with van der Waals surface area (Å²) in [6.45, 7) is 2.50. The standard InChI is InChI=1S/C13H16ClNO2/c1-13(12(16)17)7-10(8-15-13)6-9-2-4-11(14)5-3-9/h2-5,10,15H,6-8H2,1H3,(H,16,17). The lowest BCUT2D eigenvalue weighted by Crippen LogP contribution is -2.44. The lowest BCUT2D eigenvalue weighted by molar-refractivity contribution is -0.143. The van der Waals surface area contributed by atoms with Gasteiger partial charge < -0.3 is 10.4 Å². The van der Waals surface area contributed by atoms with Crippen molar-refractivity contribution in [2.24, 2.45) is 5.92 Å². The van der Waals surface area contributed by atoms with Gasteiger partial charge in [0, 0.05) is 5.02 Å². The molecule has 17 heavy (non-hydrogen) atoms. The molecule has 1 aliphatic rings. The molecule has 4 heteroatoms. The van der Waals surface area contributed by atoms with Gasteiger partial charge >= 0.3 is 5.97 Å². The van der Waals surface area contributed by atoms with Crippen molar-refractivity contribution < 1.29 is 9.90 Å². The smallest absolute Gasteiger partial charge is 0.323 e. The van der Waals surface area contributed by atoms with Gasteiger partial charge in [-0.25, -0.2) is 0 Å². The molecule has 0 aliphatic carbocycles. The molecular weight excluding hydrogens is 238 g/mol. The summed E-state index contributed by atoms with van der Waals surface area (Å²) in [5.41, 5.74) is 0.438. The predicted molar refractivity (Wildman–Crippen MR) is 67.3 cm³/mol. The molecule has 2 rings (SSSR count). The third-order valence-corrected chi connectivity index (χ3v) is 3.64. The summed E-state index contributed by atoms with van der Waals surface area (Å²) in [5.74, 6) is -0.395. The molecular formula is C13H16ClNO2. The molecule has 0 bridgehead atoms. The Labute approximate surface area is 106 Å². The number of carboxylic acids is 1. The van der Waals surface area contributed by atoms with Crippen LogP contribution in [0.15, 0.2) is 24.3 Å². The van der Waals surface area contributed by atoms with Crippen molar-refractivity contribution in [3.63, 3.8) is 0 Å². The summed E-state index contributed by atoms with van der Waals surface area (Å²) in [5, 5.41) is 12.9. The van der Waals surface area contributed by atoms with Crippen LogP contribution >= 0.6 is 11.6 Å². The molecule has 2 N–H and O–H groups in total. The number of carbonyl (C=O) groups is 1. The molecule has 0 spiro atoms. The van der Waals surface area contributed by atoms with E-state index in [1.54, 1.807) is 6.92 Å². The molecule has 1 aromatic carbocycles. The maximum Gasteiger partial charge on any atom is 0.323 e. The molecule has 1 aromatic rings. The minimum absolute atomic E-state index is 0.372. The Bertz CT molecular complexity index is 418. The average molecular weight is 254 g/mol. The Kier molecular flexibility index (Phi) is 3.40. The number of hydrogen-bond donors (Lipinski definition) is 2. The molecule has 0 saturated carbocycles. The van der Waals surface area contributed by atoms with E-state index in [1.807, 2.05) is 24.3 Å². The Balaban J connectivity index is 1.98. The summed E-state index contributed by atoms with van der Waals surface area (Å²) in [6, 6.07) is 7.74. The average Bonchev–Trinajstić information content (AvgIpc) is 2.65. The Morgan fingerprint density at radius 3 is 2.71 bits per heavy atom. The largest absolute Gasteiger partial charge is 0.480 e. The second-order valence-electron chi connectivity index (χ2n) is 4.92. The van der Waals surface area contributed by atoms with E-state index >= 15 is 0 Å².